The molecule has 0 N–H and O–H groups in total. The van der Waals surface area contributed by atoms with Crippen LogP contribution in [0.15, 0.2) is 238 Å². The summed E-state index contributed by atoms with van der Waals surface area (Å²) in [7, 11) is 0. The van der Waals surface area contributed by atoms with Crippen LogP contribution in [-0.2, 0) is 16.2 Å². The van der Waals surface area contributed by atoms with Crippen molar-refractivity contribution in [3.05, 3.63) is 363 Å². The van der Waals surface area contributed by atoms with Crippen molar-refractivity contribution in [1.29, 1.82) is 0 Å². The van der Waals surface area contributed by atoms with E-state index in [1.165, 1.54) is 48.5 Å². The third kappa shape index (κ3) is 8.52. The number of halogens is 10. The lowest BCUT2D eigenvalue weighted by Crippen LogP contribution is -2.33. The van der Waals surface area contributed by atoms with Crippen LogP contribution in [0, 0.1) is 58.2 Å². The summed E-state index contributed by atoms with van der Waals surface area (Å²) in [5, 5.41) is 0. The summed E-state index contributed by atoms with van der Waals surface area (Å²) in [5.41, 5.74) is 0.641. The lowest BCUT2D eigenvalue weighted by Gasteiger charge is -2.37. The molecule has 0 aromatic heterocycles. The van der Waals surface area contributed by atoms with Crippen molar-refractivity contribution < 1.29 is 53.4 Å². The fraction of sp³-hybridized carbons (Fsp3) is 0.0617. The van der Waals surface area contributed by atoms with Gasteiger partial charge in [0.2, 0.25) is 11.6 Å². The molecule has 2 unspecified atom stereocenters. The molecule has 0 bridgehead atoms. The van der Waals surface area contributed by atoms with Crippen LogP contribution in [-0.4, -0.2) is 0 Å². The minimum atomic E-state index is -2.35. The van der Waals surface area contributed by atoms with Crippen LogP contribution in [0.4, 0.5) is 61.0 Å². The third-order valence-electron chi connectivity index (χ3n) is 18.8. The Labute approximate surface area is 534 Å². The van der Waals surface area contributed by atoms with E-state index in [0.29, 0.717) is 39.4 Å². The topological polar surface area (TPSA) is 21.7 Å². The zero-order chi connectivity index (χ0) is 65.3. The molecule has 0 amide bonds. The first kappa shape index (κ1) is 59.1. The number of rotatable bonds is 13. The number of anilines is 3. The lowest BCUT2D eigenvalue weighted by atomic mass is 9.67. The largest absolute Gasteiger partial charge is 0.457 e. The quantitative estimate of drug-likeness (QED) is 0.0652. The molecule has 0 aliphatic heterocycles. The first-order valence-electron chi connectivity index (χ1n) is 30.0. The molecule has 0 fully saturated rings. The van der Waals surface area contributed by atoms with E-state index in [1.807, 2.05) is 61.2 Å². The highest BCUT2D eigenvalue weighted by molar-refractivity contribution is 5.95. The van der Waals surface area contributed by atoms with E-state index in [-0.39, 0.29) is 56.3 Å². The second-order valence-electron chi connectivity index (χ2n) is 23.9. The van der Waals surface area contributed by atoms with E-state index in [4.69, 9.17) is 9.47 Å². The molecule has 2 atom stereocenters. The minimum Gasteiger partial charge on any atom is -0.457 e. The highest BCUT2D eigenvalue weighted by Crippen LogP contribution is 2.63. The number of hydrogen-bond acceptors (Lipinski definition) is 3. The van der Waals surface area contributed by atoms with Gasteiger partial charge in [0.25, 0.3) is 0 Å². The van der Waals surface area contributed by atoms with Crippen molar-refractivity contribution in [3.63, 3.8) is 0 Å². The molecule has 13 heteroatoms. The highest BCUT2D eigenvalue weighted by atomic mass is 19.2. The minimum absolute atomic E-state index is 0.0852. The van der Waals surface area contributed by atoms with Gasteiger partial charge in [-0.15, -0.1) is 0 Å². The van der Waals surface area contributed by atoms with E-state index < -0.39 is 85.5 Å². The van der Waals surface area contributed by atoms with Crippen LogP contribution in [0.3, 0.4) is 0 Å². The van der Waals surface area contributed by atoms with Crippen LogP contribution < -0.4 is 14.4 Å². The van der Waals surface area contributed by atoms with Gasteiger partial charge in [0.05, 0.1) is 16.5 Å². The van der Waals surface area contributed by atoms with Gasteiger partial charge < -0.3 is 14.4 Å². The van der Waals surface area contributed by atoms with Crippen molar-refractivity contribution in [2.24, 2.45) is 0 Å². The van der Waals surface area contributed by atoms with Gasteiger partial charge in [-0.25, -0.2) is 43.9 Å². The molecule has 94 heavy (non-hydrogen) atoms. The molecular weight excluding hydrogens is 1210 g/mol. The van der Waals surface area contributed by atoms with E-state index in [0.717, 1.165) is 33.4 Å². The van der Waals surface area contributed by atoms with Crippen LogP contribution in [0.25, 0.3) is 45.5 Å². The van der Waals surface area contributed by atoms with E-state index in [1.54, 1.807) is 146 Å². The molecule has 12 aromatic carbocycles. The monoisotopic (exact) mass is 1260 g/mol. The Morgan fingerprint density at radius 2 is 0.628 bits per heavy atom. The SMILES string of the molecule is C=Cc1ccc(Oc2ccc(C3(c4c(F)c(F)c(F)c(F)c4F)c4ccccc4-c4ccc(N(c5ccc6c(c5)C(c5ccc(Oc7ccc(C=C)cc7)cc5)(c5c(F)c(F)c(F)c(F)c5F)c5ccccc5-6)c5cccc6c5C(C)(C)c5ccccc5-6)cc43)cc2)cc1. The zero-order valence-corrected chi connectivity index (χ0v) is 50.0. The molecular formula is C81H49F10NO2. The normalized spacial score (nSPS) is 15.9. The van der Waals surface area contributed by atoms with Crippen LogP contribution in [0.5, 0.6) is 23.0 Å². The summed E-state index contributed by atoms with van der Waals surface area (Å²) < 4.78 is 179. The standard InChI is InChI=1S/C81H49F10NO2/c1-5-44-22-32-50(33-23-44)93-52-36-26-46(27-37-52)80(67-69(82)73(86)77(90)74(87)70(67)83)61-19-11-8-14-54(61)57-40-30-48(42-63(57)80)92(65-21-13-17-59-56-16-7-10-18-60(56)79(3,4)66(59)65)49-31-41-58-55-15-9-12-20-62(55)81(64(58)43-49,68-71(84)75(88)78(91)76(89)72(68)85)47-28-38-53(39-29-47)94-51-34-24-45(6-2)25-35-51/h5-43H,1-2H2,3-4H3. The zero-order valence-electron chi connectivity index (χ0n) is 50.0. The maximum atomic E-state index is 17.5. The summed E-state index contributed by atoms with van der Waals surface area (Å²) in [6, 6.07) is 63.1. The van der Waals surface area contributed by atoms with E-state index in [9.17, 15) is 0 Å². The fourth-order valence-electron chi connectivity index (χ4n) is 14.7. The third-order valence-corrected chi connectivity index (χ3v) is 18.8. The van der Waals surface area contributed by atoms with Crippen molar-refractivity contribution in [2.75, 3.05) is 4.90 Å². The summed E-state index contributed by atoms with van der Waals surface area (Å²) in [6.45, 7) is 11.7. The Bertz CT molecular complexity index is 4830. The second-order valence-corrected chi connectivity index (χ2v) is 23.9. The molecule has 3 nitrogen and oxygen atoms in total. The molecule has 0 saturated carbocycles. The molecule has 0 radical (unpaired) electrons. The predicted molar refractivity (Wildman–Crippen MR) is 346 cm³/mol. The van der Waals surface area contributed by atoms with Crippen LogP contribution in [0.1, 0.15) is 80.6 Å². The highest BCUT2D eigenvalue weighted by Gasteiger charge is 2.54. The summed E-state index contributed by atoms with van der Waals surface area (Å²) in [5.74, 6) is -20.3. The number of fused-ring (bicyclic) bond motifs is 9. The molecule has 0 heterocycles. The van der Waals surface area contributed by atoms with Gasteiger partial charge in [-0.3, -0.25) is 0 Å². The molecule has 3 aliphatic carbocycles. The van der Waals surface area contributed by atoms with E-state index >= 15 is 43.9 Å². The fourth-order valence-corrected chi connectivity index (χ4v) is 14.7. The van der Waals surface area contributed by atoms with Gasteiger partial charge in [-0.2, -0.15) is 0 Å². The molecule has 3 aliphatic rings. The summed E-state index contributed by atoms with van der Waals surface area (Å²) >= 11 is 0. The van der Waals surface area contributed by atoms with Crippen LogP contribution >= 0.6 is 0 Å². The van der Waals surface area contributed by atoms with Crippen molar-refractivity contribution >= 4 is 29.2 Å². The Hall–Kier alpha value is -11.2. The molecule has 12 aromatic rings. The van der Waals surface area contributed by atoms with Crippen molar-refractivity contribution in [2.45, 2.75) is 30.1 Å². The smallest absolute Gasteiger partial charge is 0.200 e. The van der Waals surface area contributed by atoms with Gasteiger partial charge in [-0.1, -0.05) is 185 Å². The van der Waals surface area contributed by atoms with E-state index in [2.05, 4.69) is 13.2 Å². The van der Waals surface area contributed by atoms with Gasteiger partial charge in [0.15, 0.2) is 46.5 Å². The molecule has 15 rings (SSSR count). The lowest BCUT2D eigenvalue weighted by molar-refractivity contribution is 0.363. The Morgan fingerprint density at radius 1 is 0.309 bits per heavy atom. The Balaban J connectivity index is 1.01. The molecule has 460 valence electrons. The predicted octanol–water partition coefficient (Wildman–Crippen LogP) is 22.5. The maximum Gasteiger partial charge on any atom is 0.200 e. The van der Waals surface area contributed by atoms with Crippen molar-refractivity contribution in [3.8, 4) is 56.4 Å². The molecule has 0 spiro atoms. The average Bonchev–Trinajstić information content (AvgIpc) is 1.50. The summed E-state index contributed by atoms with van der Waals surface area (Å²) in [4.78, 5) is 1.83. The number of benzene rings is 12. The van der Waals surface area contributed by atoms with Crippen LogP contribution in [0.2, 0.25) is 0 Å². The first-order valence-corrected chi connectivity index (χ1v) is 30.0. The Morgan fingerprint density at radius 3 is 1.01 bits per heavy atom. The first-order chi connectivity index (χ1) is 45.4. The Kier molecular flexibility index (Phi) is 13.8. The summed E-state index contributed by atoms with van der Waals surface area (Å²) in [6.07, 6.45) is 3.33. The maximum absolute atomic E-state index is 17.5. The van der Waals surface area contributed by atoms with Gasteiger partial charge in [-0.05, 0) is 168 Å². The average molecular weight is 1260 g/mol. The number of nitrogens with zero attached hydrogens (tertiary/aromatic N) is 1. The number of hydrogen-bond donors (Lipinski definition) is 0. The number of ether oxygens (including phenoxy) is 2. The van der Waals surface area contributed by atoms with Gasteiger partial charge in [0, 0.05) is 27.9 Å². The van der Waals surface area contributed by atoms with Gasteiger partial charge in [0.1, 0.15) is 23.0 Å². The second kappa shape index (κ2) is 22.0. The van der Waals surface area contributed by atoms with Crippen molar-refractivity contribution in [1.82, 2.24) is 0 Å². The van der Waals surface area contributed by atoms with Gasteiger partial charge >= 0.3 is 0 Å². The molecule has 0 saturated heterocycles.